The minimum absolute atomic E-state index is 0.133. The van der Waals surface area contributed by atoms with Crippen LogP contribution >= 0.6 is 0 Å². The fourth-order valence-electron chi connectivity index (χ4n) is 3.11. The molecule has 126 valence electrons. The van der Waals surface area contributed by atoms with E-state index in [2.05, 4.69) is 15.5 Å². The normalized spacial score (nSPS) is 12.9. The molecular formula is C19H17FN4O. The smallest absolute Gasteiger partial charge is 0.322 e. The second-order valence-electron chi connectivity index (χ2n) is 6.00. The third-order valence-electron chi connectivity index (χ3n) is 4.37. The number of aromatic amines is 1. The first kappa shape index (κ1) is 15.4. The molecule has 1 aliphatic rings. The Morgan fingerprint density at radius 3 is 2.88 bits per heavy atom. The van der Waals surface area contributed by atoms with Crippen LogP contribution in [0, 0.1) is 5.82 Å². The number of carbonyl (C=O) groups is 1. The zero-order chi connectivity index (χ0) is 17.2. The molecule has 0 atom stereocenters. The molecule has 2 N–H and O–H groups in total. The molecule has 0 bridgehead atoms. The van der Waals surface area contributed by atoms with Crippen LogP contribution in [-0.2, 0) is 13.0 Å². The minimum Gasteiger partial charge on any atom is -0.332 e. The second-order valence-corrected chi connectivity index (χ2v) is 6.00. The Morgan fingerprint density at radius 2 is 2.08 bits per heavy atom. The number of fused-ring (bicyclic) bond motifs is 1. The third-order valence-corrected chi connectivity index (χ3v) is 4.37. The maximum Gasteiger partial charge on any atom is 0.322 e. The van der Waals surface area contributed by atoms with Crippen LogP contribution in [0.5, 0.6) is 0 Å². The number of carbonyl (C=O) groups excluding carboxylic acids is 1. The highest BCUT2D eigenvalue weighted by Crippen LogP contribution is 2.32. The summed E-state index contributed by atoms with van der Waals surface area (Å²) < 4.78 is 13.4. The summed E-state index contributed by atoms with van der Waals surface area (Å²) >= 11 is 0. The van der Waals surface area contributed by atoms with E-state index in [4.69, 9.17) is 0 Å². The van der Waals surface area contributed by atoms with Crippen LogP contribution < -0.4 is 10.2 Å². The molecule has 0 radical (unpaired) electrons. The number of amides is 2. The van der Waals surface area contributed by atoms with Crippen LogP contribution in [0.1, 0.15) is 11.3 Å². The topological polar surface area (TPSA) is 61.0 Å². The minimum atomic E-state index is -0.252. The molecule has 2 aromatic carbocycles. The zero-order valence-electron chi connectivity index (χ0n) is 13.5. The van der Waals surface area contributed by atoms with Crippen molar-refractivity contribution >= 4 is 11.7 Å². The van der Waals surface area contributed by atoms with E-state index in [1.165, 1.54) is 12.1 Å². The first-order valence-corrected chi connectivity index (χ1v) is 8.13. The van der Waals surface area contributed by atoms with E-state index >= 15 is 0 Å². The summed E-state index contributed by atoms with van der Waals surface area (Å²) in [4.78, 5) is 14.2. The fraction of sp³-hybridized carbons (Fsp3) is 0.158. The number of aromatic nitrogens is 2. The van der Waals surface area contributed by atoms with Gasteiger partial charge in [0.1, 0.15) is 5.82 Å². The van der Waals surface area contributed by atoms with Gasteiger partial charge in [-0.25, -0.2) is 9.18 Å². The Labute approximate surface area is 144 Å². The number of hydrogen-bond donors (Lipinski definition) is 2. The highest BCUT2D eigenvalue weighted by atomic mass is 19.1. The Morgan fingerprint density at radius 1 is 1.20 bits per heavy atom. The Bertz CT molecular complexity index is 908. The number of H-pyrrole nitrogens is 1. The quantitative estimate of drug-likeness (QED) is 0.769. The van der Waals surface area contributed by atoms with E-state index in [1.807, 2.05) is 30.3 Å². The molecule has 0 saturated carbocycles. The molecule has 3 aromatic rings. The molecule has 1 aromatic heterocycles. The molecule has 5 nitrogen and oxygen atoms in total. The zero-order valence-corrected chi connectivity index (χ0v) is 13.5. The van der Waals surface area contributed by atoms with Crippen molar-refractivity contribution in [3.63, 3.8) is 0 Å². The summed E-state index contributed by atoms with van der Waals surface area (Å²) in [6.07, 6.45) is 2.44. The summed E-state index contributed by atoms with van der Waals surface area (Å²) in [6.45, 7) is 1.04. The predicted octanol–water partition coefficient (Wildman–Crippen LogP) is 3.49. The third kappa shape index (κ3) is 3.10. The van der Waals surface area contributed by atoms with Gasteiger partial charge in [-0.3, -0.25) is 10.00 Å². The van der Waals surface area contributed by atoms with E-state index < -0.39 is 0 Å². The van der Waals surface area contributed by atoms with Gasteiger partial charge in [-0.1, -0.05) is 18.2 Å². The van der Waals surface area contributed by atoms with Gasteiger partial charge in [0.25, 0.3) is 0 Å². The number of anilines is 1. The monoisotopic (exact) mass is 336 g/mol. The number of nitrogens with one attached hydrogen (secondary N) is 2. The fourth-order valence-corrected chi connectivity index (χ4v) is 3.11. The van der Waals surface area contributed by atoms with Crippen LogP contribution in [0.2, 0.25) is 0 Å². The molecule has 6 heteroatoms. The lowest BCUT2D eigenvalue weighted by Crippen LogP contribution is -2.38. The summed E-state index contributed by atoms with van der Waals surface area (Å²) in [7, 11) is 0. The number of urea groups is 1. The van der Waals surface area contributed by atoms with Gasteiger partial charge in [-0.05, 0) is 53.4 Å². The van der Waals surface area contributed by atoms with E-state index in [-0.39, 0.29) is 11.8 Å². The predicted molar refractivity (Wildman–Crippen MR) is 93.7 cm³/mol. The van der Waals surface area contributed by atoms with Gasteiger partial charge in [0.15, 0.2) is 0 Å². The van der Waals surface area contributed by atoms with Gasteiger partial charge in [-0.15, -0.1) is 0 Å². The standard InChI is InChI=1S/C19H17FN4O/c20-16-3-1-2-13(11-16)14-4-5-18-15(10-14)7-9-24(18)19(25)21-12-17-6-8-22-23-17/h1-6,8,10-11H,7,9,12H2,(H,21,25)(H,22,23). The van der Waals surface area contributed by atoms with Crippen molar-refractivity contribution < 1.29 is 9.18 Å². The van der Waals surface area contributed by atoms with E-state index in [0.717, 1.165) is 34.5 Å². The molecule has 0 saturated heterocycles. The number of rotatable bonds is 3. The van der Waals surface area contributed by atoms with Crippen molar-refractivity contribution in [3.05, 3.63) is 71.8 Å². The van der Waals surface area contributed by atoms with Crippen molar-refractivity contribution in [1.82, 2.24) is 15.5 Å². The SMILES string of the molecule is O=C(NCc1ccn[nH]1)N1CCc2cc(-c3cccc(F)c3)ccc21. The average molecular weight is 336 g/mol. The van der Waals surface area contributed by atoms with E-state index in [0.29, 0.717) is 13.1 Å². The summed E-state index contributed by atoms with van der Waals surface area (Å²) in [5.41, 5.74) is 4.65. The van der Waals surface area contributed by atoms with Crippen molar-refractivity contribution in [3.8, 4) is 11.1 Å². The highest BCUT2D eigenvalue weighted by molar-refractivity contribution is 5.94. The second kappa shape index (κ2) is 6.39. The molecule has 2 amide bonds. The van der Waals surface area contributed by atoms with Crippen LogP contribution in [0.3, 0.4) is 0 Å². The van der Waals surface area contributed by atoms with Crippen molar-refractivity contribution in [2.75, 3.05) is 11.4 Å². The lowest BCUT2D eigenvalue weighted by Gasteiger charge is -2.18. The Kier molecular flexibility index (Phi) is 3.93. The number of nitrogens with zero attached hydrogens (tertiary/aromatic N) is 2. The van der Waals surface area contributed by atoms with E-state index in [9.17, 15) is 9.18 Å². The molecule has 0 fully saturated rings. The Hall–Kier alpha value is -3.15. The number of halogens is 1. The molecule has 4 rings (SSSR count). The molecule has 0 unspecified atom stereocenters. The molecule has 0 aliphatic carbocycles. The van der Waals surface area contributed by atoms with Gasteiger partial charge in [-0.2, -0.15) is 5.10 Å². The van der Waals surface area contributed by atoms with Gasteiger partial charge in [0.05, 0.1) is 12.2 Å². The molecule has 2 heterocycles. The van der Waals surface area contributed by atoms with Crippen LogP contribution in [-0.4, -0.2) is 22.8 Å². The van der Waals surface area contributed by atoms with Gasteiger partial charge in [0, 0.05) is 18.4 Å². The van der Waals surface area contributed by atoms with Gasteiger partial charge >= 0.3 is 6.03 Å². The average Bonchev–Trinajstić information content (AvgIpc) is 3.28. The van der Waals surface area contributed by atoms with Crippen LogP contribution in [0.4, 0.5) is 14.9 Å². The maximum absolute atomic E-state index is 13.4. The number of benzene rings is 2. The molecule has 0 spiro atoms. The number of hydrogen-bond acceptors (Lipinski definition) is 2. The molecule has 25 heavy (non-hydrogen) atoms. The van der Waals surface area contributed by atoms with Crippen LogP contribution in [0.15, 0.2) is 54.7 Å². The van der Waals surface area contributed by atoms with Crippen molar-refractivity contribution in [2.24, 2.45) is 0 Å². The maximum atomic E-state index is 13.4. The first-order chi connectivity index (χ1) is 12.2. The lowest BCUT2D eigenvalue weighted by atomic mass is 10.0. The first-order valence-electron chi connectivity index (χ1n) is 8.13. The highest BCUT2D eigenvalue weighted by Gasteiger charge is 2.24. The molecule has 1 aliphatic heterocycles. The summed E-state index contributed by atoms with van der Waals surface area (Å²) in [6, 6.07) is 14.1. The van der Waals surface area contributed by atoms with Crippen LogP contribution in [0.25, 0.3) is 11.1 Å². The van der Waals surface area contributed by atoms with E-state index in [1.54, 1.807) is 17.2 Å². The lowest BCUT2D eigenvalue weighted by molar-refractivity contribution is 0.246. The largest absolute Gasteiger partial charge is 0.332 e. The van der Waals surface area contributed by atoms with Crippen molar-refractivity contribution in [2.45, 2.75) is 13.0 Å². The van der Waals surface area contributed by atoms with Crippen molar-refractivity contribution in [1.29, 1.82) is 0 Å². The van der Waals surface area contributed by atoms with Gasteiger partial charge < -0.3 is 5.32 Å². The molecular weight excluding hydrogens is 319 g/mol. The summed E-state index contributed by atoms with van der Waals surface area (Å²) in [5, 5.41) is 9.57. The van der Waals surface area contributed by atoms with Gasteiger partial charge in [0.2, 0.25) is 0 Å². The Balaban J connectivity index is 1.52. The summed E-state index contributed by atoms with van der Waals surface area (Å²) in [5.74, 6) is -0.252.